The lowest BCUT2D eigenvalue weighted by atomic mass is 10.1. The van der Waals surface area contributed by atoms with Crippen molar-refractivity contribution in [3.05, 3.63) is 59.7 Å². The predicted octanol–water partition coefficient (Wildman–Crippen LogP) is 1.37. The Bertz CT molecular complexity index is 712. The number of likely N-dealkylation sites (N-methyl/N-ethyl adjacent to an activating group) is 1. The summed E-state index contributed by atoms with van der Waals surface area (Å²) in [6.07, 6.45) is 6.53. The lowest BCUT2D eigenvalue weighted by Gasteiger charge is -2.21. The van der Waals surface area contributed by atoms with Gasteiger partial charge < -0.3 is 10.1 Å². The molecule has 1 aliphatic carbocycles. The number of nitrogens with one attached hydrogen (secondary N) is 1. The van der Waals surface area contributed by atoms with Crippen LogP contribution in [0.1, 0.15) is 6.42 Å². The molecule has 124 valence electrons. The number of hydrogen-bond donors (Lipinski definition) is 1. The third-order valence-corrected chi connectivity index (χ3v) is 3.23. The van der Waals surface area contributed by atoms with Crippen LogP contribution in [0.2, 0.25) is 0 Å². The van der Waals surface area contributed by atoms with Crippen LogP contribution < -0.4 is 10.2 Å². The van der Waals surface area contributed by atoms with Crippen molar-refractivity contribution < 1.29 is 14.3 Å². The number of ether oxygens (including phenoxy) is 1. The van der Waals surface area contributed by atoms with Crippen molar-refractivity contribution in [3.63, 3.8) is 0 Å². The quantitative estimate of drug-likeness (QED) is 0.444. The Balaban J connectivity index is 2.06. The first-order valence-electron chi connectivity index (χ1n) is 7.63. The highest BCUT2D eigenvalue weighted by Crippen LogP contribution is 2.15. The van der Waals surface area contributed by atoms with Crippen molar-refractivity contribution in [2.75, 3.05) is 31.6 Å². The maximum absolute atomic E-state index is 12.7. The van der Waals surface area contributed by atoms with Crippen molar-refractivity contribution in [3.8, 4) is 0 Å². The molecule has 0 aromatic carbocycles. The van der Waals surface area contributed by atoms with Crippen LogP contribution in [0, 0.1) is 0 Å². The maximum atomic E-state index is 12.7. The molecule has 0 fully saturated rings. The summed E-state index contributed by atoms with van der Waals surface area (Å²) in [6.45, 7) is 1.08. The number of carbonyl (C=O) groups excluding carboxylic acids is 2. The summed E-state index contributed by atoms with van der Waals surface area (Å²) in [6, 6.07) is 5.28. The average molecular weight is 325 g/mol. The van der Waals surface area contributed by atoms with Gasteiger partial charge in [-0.3, -0.25) is 14.5 Å². The molecule has 1 amide bonds. The fourth-order valence-corrected chi connectivity index (χ4v) is 2.01. The van der Waals surface area contributed by atoms with Gasteiger partial charge in [-0.15, -0.1) is 0 Å². The number of nitrogens with zero attached hydrogens (tertiary/aromatic N) is 2. The number of esters is 1. The van der Waals surface area contributed by atoms with Crippen molar-refractivity contribution in [1.29, 1.82) is 0 Å². The van der Waals surface area contributed by atoms with Crippen LogP contribution in [-0.4, -0.2) is 43.6 Å². The normalized spacial score (nSPS) is 12.0. The van der Waals surface area contributed by atoms with Crippen LogP contribution in [-0.2, 0) is 14.3 Å². The van der Waals surface area contributed by atoms with E-state index in [1.165, 1.54) is 4.90 Å². The molecule has 6 heteroatoms. The topological polar surface area (TPSA) is 71.5 Å². The van der Waals surface area contributed by atoms with Crippen LogP contribution >= 0.6 is 0 Å². The molecule has 0 bridgehead atoms. The predicted molar refractivity (Wildman–Crippen MR) is 90.3 cm³/mol. The van der Waals surface area contributed by atoms with E-state index in [0.29, 0.717) is 24.5 Å². The number of aromatic nitrogens is 1. The van der Waals surface area contributed by atoms with E-state index in [4.69, 9.17) is 4.74 Å². The second-order valence-corrected chi connectivity index (χ2v) is 4.94. The third kappa shape index (κ3) is 5.07. The number of carbonyl (C=O) groups is 2. The van der Waals surface area contributed by atoms with E-state index in [2.05, 4.69) is 21.8 Å². The van der Waals surface area contributed by atoms with E-state index < -0.39 is 0 Å². The molecule has 0 aliphatic heterocycles. The standard InChI is InChI=1S/C18H19N3O3/c1-19-12-14-24-17(22)10-13-21(16-9-5-6-11-20-16)18(23)15-7-3-2-4-8-15/h3,5-9,11,19H,10,12-14H2,1H3. The Kier molecular flexibility index (Phi) is 6.74. The minimum atomic E-state index is -0.355. The SMILES string of the molecule is CNCCOC(=O)CCN(C(=O)C1=CC=C=C=C1)c1ccccn1. The van der Waals surface area contributed by atoms with Gasteiger partial charge in [0.25, 0.3) is 5.91 Å². The highest BCUT2D eigenvalue weighted by Gasteiger charge is 2.21. The van der Waals surface area contributed by atoms with Crippen LogP contribution in [0.5, 0.6) is 0 Å². The Morgan fingerprint density at radius 2 is 2.21 bits per heavy atom. The summed E-state index contributed by atoms with van der Waals surface area (Å²) in [7, 11) is 1.78. The molecule has 1 N–H and O–H groups in total. The van der Waals surface area contributed by atoms with Crippen molar-refractivity contribution in [1.82, 2.24) is 10.3 Å². The molecule has 0 spiro atoms. The zero-order valence-electron chi connectivity index (χ0n) is 13.5. The van der Waals surface area contributed by atoms with E-state index in [0.717, 1.165) is 0 Å². The summed E-state index contributed by atoms with van der Waals surface area (Å²) in [5.74, 6) is -0.118. The molecular weight excluding hydrogens is 306 g/mol. The molecule has 1 aromatic heterocycles. The highest BCUT2D eigenvalue weighted by atomic mass is 16.5. The van der Waals surface area contributed by atoms with Gasteiger partial charge in [0.05, 0.1) is 6.42 Å². The number of pyridine rings is 1. The maximum Gasteiger partial charge on any atom is 0.307 e. The minimum absolute atomic E-state index is 0.0920. The molecule has 0 atom stereocenters. The molecule has 24 heavy (non-hydrogen) atoms. The largest absolute Gasteiger partial charge is 0.464 e. The van der Waals surface area contributed by atoms with Crippen molar-refractivity contribution >= 4 is 17.7 Å². The van der Waals surface area contributed by atoms with Crippen LogP contribution in [0.15, 0.2) is 59.7 Å². The van der Waals surface area contributed by atoms with Gasteiger partial charge in [-0.05, 0) is 31.3 Å². The van der Waals surface area contributed by atoms with Gasteiger partial charge in [0.2, 0.25) is 0 Å². The Hall–Kier alpha value is -2.91. The molecule has 1 aromatic rings. The first-order chi connectivity index (χ1) is 11.7. The highest BCUT2D eigenvalue weighted by molar-refractivity contribution is 6.07. The lowest BCUT2D eigenvalue weighted by Crippen LogP contribution is -2.35. The fourth-order valence-electron chi connectivity index (χ4n) is 2.01. The van der Waals surface area contributed by atoms with Gasteiger partial charge in [0, 0.05) is 30.9 Å². The lowest BCUT2D eigenvalue weighted by molar-refractivity contribution is -0.143. The van der Waals surface area contributed by atoms with Gasteiger partial charge >= 0.3 is 5.97 Å². The minimum Gasteiger partial charge on any atom is -0.464 e. The molecule has 0 unspecified atom stereocenters. The summed E-state index contributed by atoms with van der Waals surface area (Å²) in [5.41, 5.74) is 5.97. The molecule has 2 rings (SSSR count). The zero-order chi connectivity index (χ0) is 17.2. The number of anilines is 1. The van der Waals surface area contributed by atoms with E-state index >= 15 is 0 Å². The van der Waals surface area contributed by atoms with Gasteiger partial charge in [0.1, 0.15) is 12.4 Å². The monoisotopic (exact) mass is 325 g/mol. The van der Waals surface area contributed by atoms with Gasteiger partial charge in [-0.1, -0.05) is 17.5 Å². The summed E-state index contributed by atoms with van der Waals surface area (Å²) < 4.78 is 5.08. The van der Waals surface area contributed by atoms with Gasteiger partial charge in [0.15, 0.2) is 0 Å². The first-order valence-corrected chi connectivity index (χ1v) is 7.63. The molecular formula is C18H19N3O3. The van der Waals surface area contributed by atoms with Gasteiger partial charge in [-0.2, -0.15) is 0 Å². The Labute approximate surface area is 140 Å². The van der Waals surface area contributed by atoms with Crippen LogP contribution in [0.3, 0.4) is 0 Å². The Morgan fingerprint density at radius 1 is 1.33 bits per heavy atom. The molecule has 0 saturated carbocycles. The number of rotatable bonds is 8. The van der Waals surface area contributed by atoms with E-state index in [1.807, 2.05) is 0 Å². The Morgan fingerprint density at radius 3 is 2.88 bits per heavy atom. The van der Waals surface area contributed by atoms with E-state index in [9.17, 15) is 9.59 Å². The summed E-state index contributed by atoms with van der Waals surface area (Å²) in [5, 5.41) is 2.90. The molecule has 1 heterocycles. The number of amides is 1. The first kappa shape index (κ1) is 17.4. The average Bonchev–Trinajstić information content (AvgIpc) is 2.63. The summed E-state index contributed by atoms with van der Waals surface area (Å²) >= 11 is 0. The van der Waals surface area contributed by atoms with Crippen LogP contribution in [0.4, 0.5) is 5.82 Å². The van der Waals surface area contributed by atoms with Crippen molar-refractivity contribution in [2.45, 2.75) is 6.42 Å². The number of allylic oxidation sites excluding steroid dienone is 2. The molecule has 0 saturated heterocycles. The zero-order valence-corrected chi connectivity index (χ0v) is 13.5. The fraction of sp³-hybridized carbons (Fsp3) is 0.278. The number of hydrogen-bond acceptors (Lipinski definition) is 5. The molecule has 0 radical (unpaired) electrons. The van der Waals surface area contributed by atoms with Gasteiger partial charge in [-0.25, -0.2) is 4.98 Å². The molecule has 6 nitrogen and oxygen atoms in total. The molecule has 1 aliphatic rings. The smallest absolute Gasteiger partial charge is 0.307 e. The second kappa shape index (κ2) is 9.28. The van der Waals surface area contributed by atoms with E-state index in [1.54, 1.807) is 49.7 Å². The van der Waals surface area contributed by atoms with Crippen LogP contribution in [0.25, 0.3) is 0 Å². The second-order valence-electron chi connectivity index (χ2n) is 4.94. The third-order valence-electron chi connectivity index (χ3n) is 3.23. The van der Waals surface area contributed by atoms with E-state index in [-0.39, 0.29) is 24.8 Å². The van der Waals surface area contributed by atoms with Crippen molar-refractivity contribution in [2.24, 2.45) is 0 Å². The summed E-state index contributed by atoms with van der Waals surface area (Å²) in [4.78, 5) is 30.2.